The van der Waals surface area contributed by atoms with Crippen molar-refractivity contribution in [3.8, 4) is 0 Å². The fraction of sp³-hybridized carbons (Fsp3) is 0.400. The van der Waals surface area contributed by atoms with Crippen molar-refractivity contribution in [1.29, 1.82) is 0 Å². The molecule has 0 unspecified atom stereocenters. The smallest absolute Gasteiger partial charge is 0.379 e. The predicted molar refractivity (Wildman–Crippen MR) is 25.3 cm³/mol. The first-order chi connectivity index (χ1) is 4.05. The summed E-state index contributed by atoms with van der Waals surface area (Å²) in [5, 5.41) is 7.86. The highest BCUT2D eigenvalue weighted by Crippen LogP contribution is 2.35. The van der Waals surface area contributed by atoms with E-state index in [1.54, 1.807) is 0 Å². The second-order valence-electron chi connectivity index (χ2n) is 1.81. The Balaban J connectivity index is 2.71. The molecule has 1 rings (SSSR count). The number of carboxylic acids is 1. The maximum atomic E-state index is 12.1. The van der Waals surface area contributed by atoms with Gasteiger partial charge in [-0.2, -0.15) is 8.78 Å². The molecule has 0 fully saturated rings. The van der Waals surface area contributed by atoms with Crippen molar-refractivity contribution >= 4 is 5.97 Å². The Bertz CT molecular complexity index is 179. The standard InChI is InChI=1S/C5H4F2O2/c6-5(7,4(8)9)3-1-2-3/h1H,2H2,(H,8,9). The van der Waals surface area contributed by atoms with Gasteiger partial charge in [0.05, 0.1) is 0 Å². The Hall–Kier alpha value is -0.930. The van der Waals surface area contributed by atoms with Crippen LogP contribution in [0.15, 0.2) is 11.6 Å². The van der Waals surface area contributed by atoms with Crippen molar-refractivity contribution in [1.82, 2.24) is 0 Å². The molecule has 2 nitrogen and oxygen atoms in total. The van der Waals surface area contributed by atoms with Crippen molar-refractivity contribution in [3.05, 3.63) is 11.6 Å². The molecule has 0 aromatic heterocycles. The molecule has 0 aromatic carbocycles. The third-order valence-electron chi connectivity index (χ3n) is 1.08. The molecule has 9 heavy (non-hydrogen) atoms. The number of aliphatic carboxylic acids is 1. The van der Waals surface area contributed by atoms with E-state index in [-0.39, 0.29) is 12.0 Å². The van der Waals surface area contributed by atoms with Crippen LogP contribution in [0.1, 0.15) is 6.42 Å². The fourth-order valence-electron chi connectivity index (χ4n) is 0.445. The van der Waals surface area contributed by atoms with Crippen LogP contribution >= 0.6 is 0 Å². The van der Waals surface area contributed by atoms with Crippen LogP contribution in [0.25, 0.3) is 0 Å². The van der Waals surface area contributed by atoms with Gasteiger partial charge in [-0.15, -0.1) is 0 Å². The minimum absolute atomic E-state index is 0.138. The van der Waals surface area contributed by atoms with E-state index >= 15 is 0 Å². The number of carbonyl (C=O) groups is 1. The molecule has 1 aliphatic carbocycles. The quantitative estimate of drug-likeness (QED) is 0.573. The zero-order valence-electron chi connectivity index (χ0n) is 4.40. The Morgan fingerprint density at radius 3 is 2.33 bits per heavy atom. The molecular formula is C5H4F2O2. The van der Waals surface area contributed by atoms with Crippen LogP contribution in [0.4, 0.5) is 8.78 Å². The predicted octanol–water partition coefficient (Wildman–Crippen LogP) is 1.04. The third-order valence-corrected chi connectivity index (χ3v) is 1.08. The van der Waals surface area contributed by atoms with Crippen LogP contribution in [0.3, 0.4) is 0 Å². The number of carboxylic acid groups (broad SMARTS) is 1. The summed E-state index contributed by atoms with van der Waals surface area (Å²) >= 11 is 0. The summed E-state index contributed by atoms with van der Waals surface area (Å²) in [5.41, 5.74) is -0.282. The molecule has 4 heteroatoms. The summed E-state index contributed by atoms with van der Waals surface area (Å²) in [4.78, 5) is 9.71. The molecule has 0 spiro atoms. The second kappa shape index (κ2) is 1.52. The van der Waals surface area contributed by atoms with Gasteiger partial charge >= 0.3 is 11.9 Å². The largest absolute Gasteiger partial charge is 0.477 e. The lowest BCUT2D eigenvalue weighted by molar-refractivity contribution is -0.158. The highest BCUT2D eigenvalue weighted by Gasteiger charge is 2.46. The Morgan fingerprint density at radius 1 is 1.78 bits per heavy atom. The Morgan fingerprint density at radius 2 is 2.22 bits per heavy atom. The Kier molecular flexibility index (Phi) is 1.05. The van der Waals surface area contributed by atoms with E-state index in [0.29, 0.717) is 0 Å². The van der Waals surface area contributed by atoms with Crippen molar-refractivity contribution in [2.24, 2.45) is 0 Å². The molecule has 1 N–H and O–H groups in total. The number of halogens is 2. The summed E-state index contributed by atoms with van der Waals surface area (Å²) in [7, 11) is 0. The molecule has 0 amide bonds. The Labute approximate surface area is 49.8 Å². The van der Waals surface area contributed by atoms with Crippen LogP contribution in [-0.2, 0) is 4.79 Å². The molecule has 0 heterocycles. The van der Waals surface area contributed by atoms with Crippen molar-refractivity contribution in [2.75, 3.05) is 0 Å². The molecule has 0 atom stereocenters. The van der Waals surface area contributed by atoms with Crippen LogP contribution < -0.4 is 0 Å². The number of allylic oxidation sites excluding steroid dienone is 1. The maximum absolute atomic E-state index is 12.1. The molecule has 50 valence electrons. The van der Waals surface area contributed by atoms with Gasteiger partial charge in [0.25, 0.3) is 0 Å². The minimum Gasteiger partial charge on any atom is -0.477 e. The van der Waals surface area contributed by atoms with Crippen LogP contribution in [0.2, 0.25) is 0 Å². The highest BCUT2D eigenvalue weighted by molar-refractivity contribution is 5.80. The SMILES string of the molecule is O=C(O)C(F)(F)C1=CC1. The lowest BCUT2D eigenvalue weighted by Crippen LogP contribution is -2.26. The van der Waals surface area contributed by atoms with Gasteiger partial charge in [0.15, 0.2) is 0 Å². The molecule has 0 bridgehead atoms. The summed E-state index contributed by atoms with van der Waals surface area (Å²) in [6.07, 6.45) is 1.34. The first-order valence-electron chi connectivity index (χ1n) is 2.36. The van der Waals surface area contributed by atoms with E-state index in [2.05, 4.69) is 0 Å². The molecule has 0 saturated carbocycles. The van der Waals surface area contributed by atoms with E-state index in [9.17, 15) is 13.6 Å². The van der Waals surface area contributed by atoms with Gasteiger partial charge in [-0.3, -0.25) is 0 Å². The zero-order valence-corrected chi connectivity index (χ0v) is 4.40. The minimum atomic E-state index is -3.61. The lowest BCUT2D eigenvalue weighted by Gasteiger charge is -2.04. The van der Waals surface area contributed by atoms with E-state index in [4.69, 9.17) is 5.11 Å². The molecule has 1 aliphatic rings. The summed E-state index contributed by atoms with van der Waals surface area (Å²) in [6.45, 7) is 0. The molecule has 0 radical (unpaired) electrons. The van der Waals surface area contributed by atoms with E-state index in [1.807, 2.05) is 0 Å². The van der Waals surface area contributed by atoms with Gasteiger partial charge in [0.1, 0.15) is 0 Å². The second-order valence-corrected chi connectivity index (χ2v) is 1.81. The van der Waals surface area contributed by atoms with Crippen molar-refractivity contribution in [2.45, 2.75) is 12.3 Å². The molecular weight excluding hydrogens is 130 g/mol. The van der Waals surface area contributed by atoms with E-state index < -0.39 is 11.9 Å². The summed E-state index contributed by atoms with van der Waals surface area (Å²) < 4.78 is 24.1. The highest BCUT2D eigenvalue weighted by atomic mass is 19.3. The topological polar surface area (TPSA) is 37.3 Å². The van der Waals surface area contributed by atoms with Gasteiger partial charge in [-0.05, 0) is 6.42 Å². The maximum Gasteiger partial charge on any atom is 0.379 e. The van der Waals surface area contributed by atoms with Crippen molar-refractivity contribution < 1.29 is 18.7 Å². The van der Waals surface area contributed by atoms with Crippen molar-refractivity contribution in [3.63, 3.8) is 0 Å². The summed E-state index contributed by atoms with van der Waals surface area (Å²) in [6, 6.07) is 0. The zero-order chi connectivity index (χ0) is 7.07. The van der Waals surface area contributed by atoms with Gasteiger partial charge in [0.2, 0.25) is 0 Å². The number of hydrogen-bond acceptors (Lipinski definition) is 1. The normalized spacial score (nSPS) is 16.9. The number of hydrogen-bond donors (Lipinski definition) is 1. The molecule has 0 saturated heterocycles. The molecule has 0 aromatic rings. The number of rotatable bonds is 2. The first kappa shape index (κ1) is 6.19. The van der Waals surface area contributed by atoms with Gasteiger partial charge in [-0.25, -0.2) is 4.79 Å². The first-order valence-corrected chi connectivity index (χ1v) is 2.36. The third kappa shape index (κ3) is 0.918. The van der Waals surface area contributed by atoms with Gasteiger partial charge in [-0.1, -0.05) is 6.08 Å². The average Bonchev–Trinajstić information content (AvgIpc) is 2.42. The monoisotopic (exact) mass is 134 g/mol. The van der Waals surface area contributed by atoms with Crippen LogP contribution in [0, 0.1) is 0 Å². The van der Waals surface area contributed by atoms with Gasteiger partial charge < -0.3 is 5.11 Å². The molecule has 0 aliphatic heterocycles. The average molecular weight is 134 g/mol. The lowest BCUT2D eigenvalue weighted by atomic mass is 10.3. The van der Waals surface area contributed by atoms with Crippen LogP contribution in [-0.4, -0.2) is 17.0 Å². The fourth-order valence-corrected chi connectivity index (χ4v) is 0.445. The van der Waals surface area contributed by atoms with E-state index in [0.717, 1.165) is 0 Å². The van der Waals surface area contributed by atoms with Crippen LogP contribution in [0.5, 0.6) is 0 Å². The van der Waals surface area contributed by atoms with Gasteiger partial charge in [0, 0.05) is 5.57 Å². The summed E-state index contributed by atoms with van der Waals surface area (Å²) in [5.74, 6) is -5.67. The number of alkyl halides is 2. The van der Waals surface area contributed by atoms with E-state index in [1.165, 1.54) is 6.08 Å².